The normalized spacial score (nSPS) is 19.7. The van der Waals surface area contributed by atoms with Crippen molar-refractivity contribution in [2.75, 3.05) is 20.6 Å². The van der Waals surface area contributed by atoms with E-state index in [9.17, 15) is 4.79 Å². The molecule has 5 heteroatoms. The van der Waals surface area contributed by atoms with E-state index in [4.69, 9.17) is 18.0 Å². The van der Waals surface area contributed by atoms with E-state index < -0.39 is 5.41 Å². The van der Waals surface area contributed by atoms with Crippen molar-refractivity contribution in [1.82, 2.24) is 10.2 Å². The molecule has 1 fully saturated rings. The van der Waals surface area contributed by atoms with Crippen LogP contribution in [0.3, 0.4) is 0 Å². The summed E-state index contributed by atoms with van der Waals surface area (Å²) in [6.07, 6.45) is 3.65. The van der Waals surface area contributed by atoms with Crippen LogP contribution in [0.15, 0.2) is 0 Å². The van der Waals surface area contributed by atoms with Crippen molar-refractivity contribution < 1.29 is 4.79 Å². The number of thiocarbonyl (C=S) groups is 1. The fourth-order valence-electron chi connectivity index (χ4n) is 2.69. The Morgan fingerprint density at radius 2 is 1.89 bits per heavy atom. The van der Waals surface area contributed by atoms with E-state index in [-0.39, 0.29) is 11.9 Å². The van der Waals surface area contributed by atoms with Gasteiger partial charge in [-0.25, -0.2) is 0 Å². The van der Waals surface area contributed by atoms with Gasteiger partial charge in [-0.05, 0) is 32.9 Å². The molecule has 1 unspecified atom stereocenters. The summed E-state index contributed by atoms with van der Waals surface area (Å²) in [4.78, 5) is 15.1. The van der Waals surface area contributed by atoms with Crippen LogP contribution in [0, 0.1) is 11.3 Å². The highest BCUT2D eigenvalue weighted by Crippen LogP contribution is 2.38. The van der Waals surface area contributed by atoms with Gasteiger partial charge in [-0.15, -0.1) is 0 Å². The Balaban J connectivity index is 2.77. The van der Waals surface area contributed by atoms with E-state index in [2.05, 4.69) is 24.1 Å². The standard InChI is InChI=1S/C14H27N3OS/c1-10(2)11(9-17(3)4)16-13(18)14(12(15)19)7-5-6-8-14/h10-11H,5-9H2,1-4H3,(H2,15,19)(H,16,18). The second kappa shape index (κ2) is 6.66. The molecule has 4 nitrogen and oxygen atoms in total. The molecule has 3 N–H and O–H groups in total. The average molecular weight is 285 g/mol. The minimum absolute atomic E-state index is 0.0260. The van der Waals surface area contributed by atoms with Crippen molar-refractivity contribution in [2.45, 2.75) is 45.6 Å². The minimum Gasteiger partial charge on any atom is -0.392 e. The molecule has 1 amide bonds. The van der Waals surface area contributed by atoms with Crippen molar-refractivity contribution >= 4 is 23.1 Å². The zero-order valence-corrected chi connectivity index (χ0v) is 13.3. The Kier molecular flexibility index (Phi) is 5.74. The first-order valence-corrected chi connectivity index (χ1v) is 7.46. The Morgan fingerprint density at radius 3 is 2.26 bits per heavy atom. The summed E-state index contributed by atoms with van der Waals surface area (Å²) in [5.41, 5.74) is 5.24. The van der Waals surface area contributed by atoms with Gasteiger partial charge in [0.05, 0.1) is 10.4 Å². The Bertz CT molecular complexity index is 336. The molecule has 0 heterocycles. The number of amides is 1. The molecule has 1 rings (SSSR count). The lowest BCUT2D eigenvalue weighted by Gasteiger charge is -2.32. The zero-order chi connectivity index (χ0) is 14.6. The van der Waals surface area contributed by atoms with Gasteiger partial charge < -0.3 is 16.0 Å². The summed E-state index contributed by atoms with van der Waals surface area (Å²) in [6, 6.07) is 0.134. The molecule has 0 bridgehead atoms. The van der Waals surface area contributed by atoms with E-state index >= 15 is 0 Å². The number of hydrogen-bond donors (Lipinski definition) is 2. The quantitative estimate of drug-likeness (QED) is 0.727. The molecule has 0 radical (unpaired) electrons. The molecule has 0 saturated heterocycles. The first kappa shape index (κ1) is 16.4. The average Bonchev–Trinajstić information content (AvgIpc) is 2.77. The van der Waals surface area contributed by atoms with Gasteiger partial charge in [-0.3, -0.25) is 4.79 Å². The fraction of sp³-hybridized carbons (Fsp3) is 0.857. The topological polar surface area (TPSA) is 58.4 Å². The van der Waals surface area contributed by atoms with Crippen LogP contribution in [0.5, 0.6) is 0 Å². The number of carbonyl (C=O) groups is 1. The van der Waals surface area contributed by atoms with Crippen LogP contribution in [-0.2, 0) is 4.79 Å². The van der Waals surface area contributed by atoms with Gasteiger partial charge in [-0.1, -0.05) is 38.9 Å². The number of nitrogens with one attached hydrogen (secondary N) is 1. The lowest BCUT2D eigenvalue weighted by atomic mass is 9.84. The molecular formula is C14H27N3OS. The van der Waals surface area contributed by atoms with Crippen LogP contribution < -0.4 is 11.1 Å². The number of rotatable bonds is 6. The lowest BCUT2D eigenvalue weighted by Crippen LogP contribution is -2.53. The Morgan fingerprint density at radius 1 is 1.37 bits per heavy atom. The fourth-order valence-corrected chi connectivity index (χ4v) is 2.98. The molecule has 110 valence electrons. The van der Waals surface area contributed by atoms with Crippen molar-refractivity contribution in [3.63, 3.8) is 0 Å². The van der Waals surface area contributed by atoms with Gasteiger partial charge in [0.25, 0.3) is 0 Å². The summed E-state index contributed by atoms with van der Waals surface area (Å²) < 4.78 is 0. The third-order valence-corrected chi connectivity index (χ3v) is 4.44. The monoisotopic (exact) mass is 285 g/mol. The van der Waals surface area contributed by atoms with Crippen LogP contribution >= 0.6 is 12.2 Å². The summed E-state index contributed by atoms with van der Waals surface area (Å²) in [6.45, 7) is 5.07. The Hall–Kier alpha value is -0.680. The maximum atomic E-state index is 12.6. The smallest absolute Gasteiger partial charge is 0.233 e. The van der Waals surface area contributed by atoms with Crippen molar-refractivity contribution in [3.05, 3.63) is 0 Å². The van der Waals surface area contributed by atoms with Gasteiger partial charge in [0, 0.05) is 12.6 Å². The van der Waals surface area contributed by atoms with E-state index in [0.29, 0.717) is 10.9 Å². The molecule has 0 spiro atoms. The van der Waals surface area contributed by atoms with E-state index in [1.165, 1.54) is 0 Å². The van der Waals surface area contributed by atoms with Gasteiger partial charge in [-0.2, -0.15) is 0 Å². The van der Waals surface area contributed by atoms with Gasteiger partial charge in [0.2, 0.25) is 5.91 Å². The maximum Gasteiger partial charge on any atom is 0.233 e. The lowest BCUT2D eigenvalue weighted by molar-refractivity contribution is -0.128. The van der Waals surface area contributed by atoms with Gasteiger partial charge in [0.1, 0.15) is 0 Å². The molecule has 0 aromatic heterocycles. The predicted molar refractivity (Wildman–Crippen MR) is 83.0 cm³/mol. The molecule has 19 heavy (non-hydrogen) atoms. The van der Waals surface area contributed by atoms with Crippen molar-refractivity contribution in [1.29, 1.82) is 0 Å². The highest BCUT2D eigenvalue weighted by atomic mass is 32.1. The number of nitrogens with zero attached hydrogens (tertiary/aromatic N) is 1. The number of nitrogens with two attached hydrogens (primary N) is 1. The largest absolute Gasteiger partial charge is 0.392 e. The van der Waals surface area contributed by atoms with Crippen LogP contribution in [0.25, 0.3) is 0 Å². The van der Waals surface area contributed by atoms with Crippen LogP contribution in [0.4, 0.5) is 0 Å². The molecule has 1 aliphatic rings. The second-order valence-electron chi connectivity index (χ2n) is 6.24. The van der Waals surface area contributed by atoms with Crippen LogP contribution in [0.1, 0.15) is 39.5 Å². The van der Waals surface area contributed by atoms with E-state index in [1.807, 2.05) is 14.1 Å². The summed E-state index contributed by atoms with van der Waals surface area (Å²) in [7, 11) is 4.03. The van der Waals surface area contributed by atoms with Gasteiger partial charge in [0.15, 0.2) is 0 Å². The number of carbonyl (C=O) groups excluding carboxylic acids is 1. The number of hydrogen-bond acceptors (Lipinski definition) is 3. The summed E-state index contributed by atoms with van der Waals surface area (Å²) in [5.74, 6) is 0.411. The Labute approximate surface area is 122 Å². The molecule has 0 aromatic rings. The van der Waals surface area contributed by atoms with Crippen LogP contribution in [-0.4, -0.2) is 42.5 Å². The third-order valence-electron chi connectivity index (χ3n) is 4.05. The summed E-state index contributed by atoms with van der Waals surface area (Å²) in [5, 5.41) is 3.16. The molecular weight excluding hydrogens is 258 g/mol. The first-order valence-electron chi connectivity index (χ1n) is 7.05. The van der Waals surface area contributed by atoms with Crippen molar-refractivity contribution in [3.8, 4) is 0 Å². The van der Waals surface area contributed by atoms with E-state index in [0.717, 1.165) is 32.2 Å². The molecule has 1 saturated carbocycles. The molecule has 1 aliphatic carbocycles. The van der Waals surface area contributed by atoms with Crippen molar-refractivity contribution in [2.24, 2.45) is 17.1 Å². The summed E-state index contributed by atoms with van der Waals surface area (Å²) >= 11 is 5.16. The second-order valence-corrected chi connectivity index (χ2v) is 6.68. The van der Waals surface area contributed by atoms with Crippen LogP contribution in [0.2, 0.25) is 0 Å². The molecule has 0 aliphatic heterocycles. The molecule has 0 aromatic carbocycles. The van der Waals surface area contributed by atoms with Gasteiger partial charge >= 0.3 is 0 Å². The highest BCUT2D eigenvalue weighted by Gasteiger charge is 2.44. The predicted octanol–water partition coefficient (Wildman–Crippen LogP) is 1.54. The van der Waals surface area contributed by atoms with E-state index in [1.54, 1.807) is 0 Å². The third kappa shape index (κ3) is 3.89. The minimum atomic E-state index is -0.602. The maximum absolute atomic E-state index is 12.6. The number of likely N-dealkylation sites (N-methyl/N-ethyl adjacent to an activating group) is 1. The zero-order valence-electron chi connectivity index (χ0n) is 12.5. The SMILES string of the molecule is CC(C)C(CN(C)C)NC(=O)C1(C(N)=S)CCCC1. The molecule has 1 atom stereocenters. The first-order chi connectivity index (χ1) is 8.79. The highest BCUT2D eigenvalue weighted by molar-refractivity contribution is 7.80.